The predicted octanol–water partition coefficient (Wildman–Crippen LogP) is 0.326. The first-order valence-electron chi connectivity index (χ1n) is 7.04. The Morgan fingerprint density at radius 2 is 2.00 bits per heavy atom. The second kappa shape index (κ2) is 5.76. The number of hydrogen-bond donors (Lipinski definition) is 1. The topological polar surface area (TPSA) is 84.3 Å². The molecule has 118 valence electrons. The maximum absolute atomic E-state index is 13.0. The molecule has 0 saturated carbocycles. The Morgan fingerprint density at radius 1 is 1.33 bits per heavy atom. The molecule has 1 saturated heterocycles. The van der Waals surface area contributed by atoms with Gasteiger partial charge in [-0.25, -0.2) is 8.42 Å². The lowest BCUT2D eigenvalue weighted by molar-refractivity contribution is -0.125. The Balaban J connectivity index is 2.48. The molecule has 0 radical (unpaired) electrons. The van der Waals surface area contributed by atoms with Gasteiger partial charge in [0.05, 0.1) is 11.4 Å². The van der Waals surface area contributed by atoms with Gasteiger partial charge in [0.25, 0.3) is 0 Å². The number of carbonyl (C=O) groups is 1. The van der Waals surface area contributed by atoms with E-state index in [1.165, 1.54) is 11.4 Å². The maximum Gasteiger partial charge on any atom is 0.247 e. The average Bonchev–Trinajstić information content (AvgIpc) is 2.71. The van der Waals surface area contributed by atoms with Crippen molar-refractivity contribution in [2.45, 2.75) is 44.0 Å². The van der Waals surface area contributed by atoms with Crippen molar-refractivity contribution in [1.29, 1.82) is 0 Å². The Labute approximate surface area is 125 Å². The molecule has 2 heterocycles. The van der Waals surface area contributed by atoms with Crippen molar-refractivity contribution in [3.05, 3.63) is 11.4 Å². The van der Waals surface area contributed by atoms with Gasteiger partial charge in [-0.3, -0.25) is 9.48 Å². The fraction of sp³-hybridized carbons (Fsp3) is 0.692. The zero-order valence-electron chi connectivity index (χ0n) is 12.9. The summed E-state index contributed by atoms with van der Waals surface area (Å²) in [5, 5.41) is 6.73. The van der Waals surface area contributed by atoms with Gasteiger partial charge in [-0.15, -0.1) is 0 Å². The zero-order chi connectivity index (χ0) is 15.8. The third-order valence-electron chi connectivity index (χ3n) is 4.01. The van der Waals surface area contributed by atoms with E-state index < -0.39 is 16.1 Å². The van der Waals surface area contributed by atoms with Crippen molar-refractivity contribution in [2.24, 2.45) is 7.05 Å². The van der Waals surface area contributed by atoms with E-state index in [0.29, 0.717) is 24.4 Å². The Hall–Kier alpha value is -1.41. The summed E-state index contributed by atoms with van der Waals surface area (Å²) >= 11 is 0. The average molecular weight is 314 g/mol. The molecule has 8 heteroatoms. The monoisotopic (exact) mass is 314 g/mol. The molecule has 2 rings (SSSR count). The number of likely N-dealkylation sites (N-methyl/N-ethyl adjacent to an activating group) is 1. The number of aryl methyl sites for hydroxylation is 2. The van der Waals surface area contributed by atoms with Crippen LogP contribution < -0.4 is 5.32 Å². The molecule has 1 N–H and O–H groups in total. The smallest absolute Gasteiger partial charge is 0.247 e. The molecular weight excluding hydrogens is 292 g/mol. The van der Waals surface area contributed by atoms with Crippen LogP contribution in [-0.2, 0) is 21.9 Å². The fourth-order valence-electron chi connectivity index (χ4n) is 2.87. The zero-order valence-corrected chi connectivity index (χ0v) is 13.7. The summed E-state index contributed by atoms with van der Waals surface area (Å²) < 4.78 is 28.8. The normalized spacial score (nSPS) is 20.5. The lowest BCUT2D eigenvalue weighted by Gasteiger charge is -2.33. The van der Waals surface area contributed by atoms with Crippen LogP contribution in [-0.4, -0.2) is 48.0 Å². The van der Waals surface area contributed by atoms with Crippen molar-refractivity contribution in [2.75, 3.05) is 13.6 Å². The third kappa shape index (κ3) is 2.69. The van der Waals surface area contributed by atoms with E-state index in [-0.39, 0.29) is 10.8 Å². The second-order valence-electron chi connectivity index (χ2n) is 5.37. The van der Waals surface area contributed by atoms with Gasteiger partial charge >= 0.3 is 0 Å². The van der Waals surface area contributed by atoms with E-state index in [1.54, 1.807) is 25.6 Å². The summed E-state index contributed by atoms with van der Waals surface area (Å²) in [6.45, 7) is 3.78. The number of amides is 1. The number of piperidine rings is 1. The fourth-order valence-corrected chi connectivity index (χ4v) is 4.93. The highest BCUT2D eigenvalue weighted by Crippen LogP contribution is 2.28. The Bertz CT molecular complexity index is 651. The van der Waals surface area contributed by atoms with Crippen molar-refractivity contribution in [3.8, 4) is 0 Å². The molecule has 1 aliphatic rings. The number of sulfonamides is 1. The molecule has 1 aliphatic heterocycles. The van der Waals surface area contributed by atoms with E-state index in [0.717, 1.165) is 12.8 Å². The molecule has 1 amide bonds. The minimum Gasteiger partial charge on any atom is -0.358 e. The van der Waals surface area contributed by atoms with Gasteiger partial charge in [-0.2, -0.15) is 9.40 Å². The van der Waals surface area contributed by atoms with Crippen LogP contribution in [0.4, 0.5) is 0 Å². The van der Waals surface area contributed by atoms with Crippen LogP contribution in [0.2, 0.25) is 0 Å². The molecular formula is C13H22N4O3S. The van der Waals surface area contributed by atoms with Crippen LogP contribution in [0, 0.1) is 13.8 Å². The van der Waals surface area contributed by atoms with Gasteiger partial charge in [0.2, 0.25) is 15.9 Å². The van der Waals surface area contributed by atoms with E-state index in [9.17, 15) is 13.2 Å². The van der Waals surface area contributed by atoms with Crippen molar-refractivity contribution >= 4 is 15.9 Å². The summed E-state index contributed by atoms with van der Waals surface area (Å²) in [5.74, 6) is -0.252. The van der Waals surface area contributed by atoms with E-state index in [4.69, 9.17) is 0 Å². The SMILES string of the molecule is CNC(=O)C1CCCCN1S(=O)(=O)c1c(C)nn(C)c1C. The molecule has 1 atom stereocenters. The minimum absolute atomic E-state index is 0.223. The lowest BCUT2D eigenvalue weighted by atomic mass is 10.0. The number of hydrogen-bond acceptors (Lipinski definition) is 4. The van der Waals surface area contributed by atoms with Crippen LogP contribution in [0.3, 0.4) is 0 Å². The quantitative estimate of drug-likeness (QED) is 0.871. The molecule has 0 spiro atoms. The molecule has 1 fully saturated rings. The van der Waals surface area contributed by atoms with E-state index in [1.807, 2.05) is 0 Å². The molecule has 21 heavy (non-hydrogen) atoms. The number of carbonyl (C=O) groups excluding carboxylic acids is 1. The summed E-state index contributed by atoms with van der Waals surface area (Å²) in [4.78, 5) is 12.2. The Kier molecular flexibility index (Phi) is 4.38. The second-order valence-corrected chi connectivity index (χ2v) is 7.19. The summed E-state index contributed by atoms with van der Waals surface area (Å²) in [7, 11) is -0.472. The van der Waals surface area contributed by atoms with Gasteiger partial charge in [-0.05, 0) is 26.7 Å². The summed E-state index contributed by atoms with van der Waals surface area (Å²) in [6, 6.07) is -0.632. The highest BCUT2D eigenvalue weighted by atomic mass is 32.2. The molecule has 0 bridgehead atoms. The van der Waals surface area contributed by atoms with Crippen LogP contribution in [0.1, 0.15) is 30.7 Å². The van der Waals surface area contributed by atoms with E-state index in [2.05, 4.69) is 10.4 Å². The van der Waals surface area contributed by atoms with Gasteiger partial charge in [0, 0.05) is 20.6 Å². The Morgan fingerprint density at radius 3 is 2.52 bits per heavy atom. The first-order valence-corrected chi connectivity index (χ1v) is 8.48. The van der Waals surface area contributed by atoms with Gasteiger partial charge in [0.15, 0.2) is 0 Å². The van der Waals surface area contributed by atoms with Crippen molar-refractivity contribution in [3.63, 3.8) is 0 Å². The molecule has 1 aromatic rings. The van der Waals surface area contributed by atoms with Crippen molar-refractivity contribution < 1.29 is 13.2 Å². The van der Waals surface area contributed by atoms with Crippen LogP contribution >= 0.6 is 0 Å². The van der Waals surface area contributed by atoms with Gasteiger partial charge in [-0.1, -0.05) is 6.42 Å². The van der Waals surface area contributed by atoms with Crippen LogP contribution in [0.25, 0.3) is 0 Å². The molecule has 7 nitrogen and oxygen atoms in total. The largest absolute Gasteiger partial charge is 0.358 e. The standard InChI is InChI=1S/C13H22N4O3S/c1-9-12(10(2)16(4)15-9)21(19,20)17-8-6-5-7-11(17)13(18)14-3/h11H,5-8H2,1-4H3,(H,14,18). The first-order chi connectivity index (χ1) is 9.80. The van der Waals surface area contributed by atoms with Crippen molar-refractivity contribution in [1.82, 2.24) is 19.4 Å². The lowest BCUT2D eigenvalue weighted by Crippen LogP contribution is -2.51. The number of rotatable bonds is 3. The minimum atomic E-state index is -3.72. The first kappa shape index (κ1) is 16.0. The highest BCUT2D eigenvalue weighted by molar-refractivity contribution is 7.89. The number of nitrogens with one attached hydrogen (secondary N) is 1. The molecule has 0 aliphatic carbocycles. The summed E-state index contributed by atoms with van der Waals surface area (Å²) in [5.41, 5.74) is 1.06. The molecule has 0 aromatic carbocycles. The molecule has 1 unspecified atom stereocenters. The third-order valence-corrected chi connectivity index (χ3v) is 6.17. The van der Waals surface area contributed by atoms with Crippen LogP contribution in [0.5, 0.6) is 0 Å². The van der Waals surface area contributed by atoms with Gasteiger partial charge in [0.1, 0.15) is 10.9 Å². The van der Waals surface area contributed by atoms with E-state index >= 15 is 0 Å². The number of nitrogens with zero attached hydrogens (tertiary/aromatic N) is 3. The van der Waals surface area contributed by atoms with Crippen LogP contribution in [0.15, 0.2) is 4.90 Å². The predicted molar refractivity (Wildman–Crippen MR) is 78.3 cm³/mol. The highest BCUT2D eigenvalue weighted by Gasteiger charge is 2.39. The molecule has 1 aromatic heterocycles. The summed E-state index contributed by atoms with van der Waals surface area (Å²) in [6.07, 6.45) is 2.18. The van der Waals surface area contributed by atoms with Gasteiger partial charge < -0.3 is 5.32 Å². The number of aromatic nitrogens is 2. The maximum atomic E-state index is 13.0.